The monoisotopic (exact) mass is 318 g/mol. The predicted octanol–water partition coefficient (Wildman–Crippen LogP) is 1.38. The molecular formula is C16H26N6O. The van der Waals surface area contributed by atoms with Crippen LogP contribution < -0.4 is 15.8 Å². The van der Waals surface area contributed by atoms with Gasteiger partial charge in [-0.3, -0.25) is 0 Å². The van der Waals surface area contributed by atoms with Crippen LogP contribution in [0.15, 0.2) is 24.3 Å². The zero-order valence-corrected chi connectivity index (χ0v) is 14.1. The SMILES string of the molecule is CN(C)CCc1ccc(OCCCNc2nc(N)nn2C)cc1. The average Bonchev–Trinajstić information content (AvgIpc) is 2.84. The van der Waals surface area contributed by atoms with Gasteiger partial charge in [-0.1, -0.05) is 12.1 Å². The van der Waals surface area contributed by atoms with Gasteiger partial charge in [0.2, 0.25) is 11.9 Å². The molecule has 0 aliphatic carbocycles. The molecule has 0 unspecified atom stereocenters. The Morgan fingerprint density at radius 2 is 2.00 bits per heavy atom. The van der Waals surface area contributed by atoms with Crippen LogP contribution in [0.25, 0.3) is 0 Å². The number of aryl methyl sites for hydroxylation is 1. The maximum Gasteiger partial charge on any atom is 0.241 e. The third kappa shape index (κ3) is 5.78. The number of hydrogen-bond donors (Lipinski definition) is 2. The van der Waals surface area contributed by atoms with Crippen molar-refractivity contribution < 1.29 is 4.74 Å². The molecule has 0 spiro atoms. The highest BCUT2D eigenvalue weighted by atomic mass is 16.5. The molecule has 2 rings (SSSR count). The van der Waals surface area contributed by atoms with Gasteiger partial charge in [-0.25, -0.2) is 4.68 Å². The van der Waals surface area contributed by atoms with Crippen molar-refractivity contribution in [3.8, 4) is 5.75 Å². The van der Waals surface area contributed by atoms with Crippen LogP contribution in [0.2, 0.25) is 0 Å². The molecule has 0 aliphatic rings. The summed E-state index contributed by atoms with van der Waals surface area (Å²) >= 11 is 0. The highest BCUT2D eigenvalue weighted by molar-refractivity contribution is 5.31. The van der Waals surface area contributed by atoms with E-state index >= 15 is 0 Å². The minimum atomic E-state index is 0.278. The molecule has 0 saturated heterocycles. The van der Waals surface area contributed by atoms with E-state index in [9.17, 15) is 0 Å². The number of aromatic nitrogens is 3. The molecule has 1 aromatic heterocycles. The Hall–Kier alpha value is -2.28. The highest BCUT2D eigenvalue weighted by Gasteiger charge is 2.02. The number of nitrogens with one attached hydrogen (secondary N) is 1. The molecule has 1 aromatic carbocycles. The second-order valence-electron chi connectivity index (χ2n) is 5.74. The fraction of sp³-hybridized carbons (Fsp3) is 0.500. The molecule has 0 aliphatic heterocycles. The fourth-order valence-corrected chi connectivity index (χ4v) is 2.13. The van der Waals surface area contributed by atoms with Crippen molar-refractivity contribution in [3.05, 3.63) is 29.8 Å². The summed E-state index contributed by atoms with van der Waals surface area (Å²) in [4.78, 5) is 6.26. The van der Waals surface area contributed by atoms with Gasteiger partial charge >= 0.3 is 0 Å². The fourth-order valence-electron chi connectivity index (χ4n) is 2.13. The highest BCUT2D eigenvalue weighted by Crippen LogP contribution is 2.13. The van der Waals surface area contributed by atoms with E-state index in [1.54, 1.807) is 11.7 Å². The first kappa shape index (κ1) is 17.1. The molecule has 7 heteroatoms. The number of ether oxygens (including phenoxy) is 1. The first-order chi connectivity index (χ1) is 11.0. The van der Waals surface area contributed by atoms with Crippen LogP contribution in [-0.2, 0) is 13.5 Å². The summed E-state index contributed by atoms with van der Waals surface area (Å²) in [5.41, 5.74) is 6.85. The van der Waals surface area contributed by atoms with Crippen LogP contribution >= 0.6 is 0 Å². The Kier molecular flexibility index (Phi) is 6.22. The summed E-state index contributed by atoms with van der Waals surface area (Å²) in [5.74, 6) is 1.86. The van der Waals surface area contributed by atoms with Gasteiger partial charge in [0.05, 0.1) is 6.61 Å². The molecule has 0 radical (unpaired) electrons. The van der Waals surface area contributed by atoms with E-state index in [1.165, 1.54) is 5.56 Å². The number of anilines is 2. The van der Waals surface area contributed by atoms with Crippen LogP contribution in [-0.4, -0.2) is 53.5 Å². The Morgan fingerprint density at radius 1 is 1.26 bits per heavy atom. The molecule has 0 atom stereocenters. The lowest BCUT2D eigenvalue weighted by atomic mass is 10.1. The minimum absolute atomic E-state index is 0.278. The minimum Gasteiger partial charge on any atom is -0.494 e. The average molecular weight is 318 g/mol. The third-order valence-corrected chi connectivity index (χ3v) is 3.42. The quantitative estimate of drug-likeness (QED) is 0.680. The van der Waals surface area contributed by atoms with Crippen LogP contribution in [0.1, 0.15) is 12.0 Å². The second-order valence-corrected chi connectivity index (χ2v) is 5.74. The number of hydrogen-bond acceptors (Lipinski definition) is 6. The number of benzene rings is 1. The maximum absolute atomic E-state index is 5.74. The first-order valence-electron chi connectivity index (χ1n) is 7.81. The lowest BCUT2D eigenvalue weighted by molar-refractivity contribution is 0.314. The van der Waals surface area contributed by atoms with Crippen LogP contribution in [0.4, 0.5) is 11.9 Å². The molecule has 0 fully saturated rings. The number of likely N-dealkylation sites (N-methyl/N-ethyl adjacent to an activating group) is 1. The lowest BCUT2D eigenvalue weighted by Crippen LogP contribution is -2.15. The topological polar surface area (TPSA) is 81.2 Å². The molecule has 3 N–H and O–H groups in total. The van der Waals surface area contributed by atoms with Crippen LogP contribution in [0, 0.1) is 0 Å². The van der Waals surface area contributed by atoms with Crippen molar-refractivity contribution in [2.75, 3.05) is 44.8 Å². The molecule has 0 bridgehead atoms. The second kappa shape index (κ2) is 8.38. The van der Waals surface area contributed by atoms with Crippen LogP contribution in [0.5, 0.6) is 5.75 Å². The van der Waals surface area contributed by atoms with E-state index in [4.69, 9.17) is 10.5 Å². The van der Waals surface area contributed by atoms with Gasteiger partial charge in [-0.05, 0) is 44.6 Å². The molecule has 126 valence electrons. The predicted molar refractivity (Wildman–Crippen MR) is 92.7 cm³/mol. The van der Waals surface area contributed by atoms with E-state index in [-0.39, 0.29) is 5.95 Å². The van der Waals surface area contributed by atoms with Crippen molar-refractivity contribution in [2.45, 2.75) is 12.8 Å². The Balaban J connectivity index is 1.65. The van der Waals surface area contributed by atoms with E-state index in [1.807, 2.05) is 12.1 Å². The Morgan fingerprint density at radius 3 is 2.61 bits per heavy atom. The summed E-state index contributed by atoms with van der Waals surface area (Å²) in [6.07, 6.45) is 1.92. The third-order valence-electron chi connectivity index (χ3n) is 3.42. The van der Waals surface area contributed by atoms with Crippen LogP contribution in [0.3, 0.4) is 0 Å². The zero-order valence-electron chi connectivity index (χ0n) is 14.1. The number of nitrogens with zero attached hydrogens (tertiary/aromatic N) is 4. The van der Waals surface area contributed by atoms with E-state index in [0.717, 1.165) is 31.7 Å². The standard InChI is InChI=1S/C16H26N6O/c1-21(2)11-9-13-5-7-14(8-6-13)23-12-4-10-18-16-19-15(17)20-22(16)3/h5-8H,4,9-12H2,1-3H3,(H3,17,18,19,20). The number of rotatable bonds is 9. The van der Waals surface area contributed by atoms with Crippen molar-refractivity contribution in [1.82, 2.24) is 19.7 Å². The van der Waals surface area contributed by atoms with E-state index in [2.05, 4.69) is 46.5 Å². The van der Waals surface area contributed by atoms with Crippen molar-refractivity contribution in [3.63, 3.8) is 0 Å². The largest absolute Gasteiger partial charge is 0.494 e. The normalized spacial score (nSPS) is 11.0. The van der Waals surface area contributed by atoms with E-state index < -0.39 is 0 Å². The van der Waals surface area contributed by atoms with Gasteiger partial charge in [0.15, 0.2) is 0 Å². The van der Waals surface area contributed by atoms with Crippen molar-refractivity contribution in [1.29, 1.82) is 0 Å². The lowest BCUT2D eigenvalue weighted by Gasteiger charge is -2.10. The molecule has 1 heterocycles. The summed E-state index contributed by atoms with van der Waals surface area (Å²) < 4.78 is 7.37. The molecule has 2 aromatic rings. The molecule has 23 heavy (non-hydrogen) atoms. The molecule has 0 saturated carbocycles. The molecular weight excluding hydrogens is 292 g/mol. The van der Waals surface area contributed by atoms with Crippen molar-refractivity contribution >= 4 is 11.9 Å². The summed E-state index contributed by atoms with van der Waals surface area (Å²) in [6, 6.07) is 8.31. The zero-order chi connectivity index (χ0) is 16.7. The van der Waals surface area contributed by atoms with Gasteiger partial charge in [-0.2, -0.15) is 4.98 Å². The number of nitrogens with two attached hydrogens (primary N) is 1. The maximum atomic E-state index is 5.74. The summed E-state index contributed by atoms with van der Waals surface area (Å²) in [6.45, 7) is 2.46. The van der Waals surface area contributed by atoms with Crippen molar-refractivity contribution in [2.24, 2.45) is 7.05 Å². The Labute approximate surface area is 137 Å². The van der Waals surface area contributed by atoms with Gasteiger partial charge in [0, 0.05) is 20.1 Å². The summed E-state index contributed by atoms with van der Waals surface area (Å²) in [7, 11) is 5.97. The van der Waals surface area contributed by atoms with Gasteiger partial charge in [-0.15, -0.1) is 5.10 Å². The summed E-state index contributed by atoms with van der Waals surface area (Å²) in [5, 5.41) is 7.16. The van der Waals surface area contributed by atoms with E-state index in [0.29, 0.717) is 12.6 Å². The Bertz CT molecular complexity index is 593. The molecule has 0 amide bonds. The van der Waals surface area contributed by atoms with Gasteiger partial charge in [0.1, 0.15) is 5.75 Å². The van der Waals surface area contributed by atoms with Gasteiger partial charge < -0.3 is 20.7 Å². The first-order valence-corrected chi connectivity index (χ1v) is 7.81. The van der Waals surface area contributed by atoms with Gasteiger partial charge in [0.25, 0.3) is 0 Å². The smallest absolute Gasteiger partial charge is 0.241 e. The number of nitrogen functional groups attached to an aromatic ring is 1. The molecule has 7 nitrogen and oxygen atoms in total.